The van der Waals surface area contributed by atoms with Crippen LogP contribution in [0.25, 0.3) is 0 Å². The predicted octanol–water partition coefficient (Wildman–Crippen LogP) is 3.03. The van der Waals surface area contributed by atoms with Gasteiger partial charge in [-0.15, -0.1) is 0 Å². The van der Waals surface area contributed by atoms with Crippen molar-refractivity contribution in [1.29, 1.82) is 0 Å². The second-order valence-electron chi connectivity index (χ2n) is 5.10. The molecule has 1 aromatic rings. The lowest BCUT2D eigenvalue weighted by molar-refractivity contribution is -0.385. The van der Waals surface area contributed by atoms with Gasteiger partial charge in [-0.1, -0.05) is 13.0 Å². The van der Waals surface area contributed by atoms with Gasteiger partial charge in [0, 0.05) is 18.2 Å². The lowest BCUT2D eigenvalue weighted by atomic mass is 9.75. The highest BCUT2D eigenvalue weighted by Gasteiger charge is 2.34. The van der Waals surface area contributed by atoms with Gasteiger partial charge in [-0.2, -0.15) is 0 Å². The summed E-state index contributed by atoms with van der Waals surface area (Å²) in [6, 6.07) is 5.13. The maximum Gasteiger partial charge on any atom is 0.311 e. The Labute approximate surface area is 113 Å². The molecule has 0 aromatic heterocycles. The van der Waals surface area contributed by atoms with Gasteiger partial charge in [0.2, 0.25) is 0 Å². The van der Waals surface area contributed by atoms with E-state index in [0.29, 0.717) is 12.3 Å². The molecule has 1 aliphatic rings. The van der Waals surface area contributed by atoms with Gasteiger partial charge >= 0.3 is 5.69 Å². The van der Waals surface area contributed by atoms with Crippen LogP contribution in [-0.2, 0) is 6.54 Å². The van der Waals surface area contributed by atoms with Gasteiger partial charge in [-0.05, 0) is 37.3 Å². The smallest absolute Gasteiger partial charge is 0.311 e. The summed E-state index contributed by atoms with van der Waals surface area (Å²) in [5.41, 5.74) is 1.20. The summed E-state index contributed by atoms with van der Waals surface area (Å²) in [6.45, 7) is 2.85. The number of rotatable bonds is 6. The van der Waals surface area contributed by atoms with Gasteiger partial charge in [0.05, 0.1) is 12.0 Å². The Kier molecular flexibility index (Phi) is 4.04. The summed E-state index contributed by atoms with van der Waals surface area (Å²) >= 11 is 0. The molecule has 1 fully saturated rings. The second kappa shape index (κ2) is 5.57. The summed E-state index contributed by atoms with van der Waals surface area (Å²) < 4.78 is 5.00. The molecule has 0 amide bonds. The predicted molar refractivity (Wildman–Crippen MR) is 73.4 cm³/mol. The van der Waals surface area contributed by atoms with E-state index >= 15 is 0 Å². The van der Waals surface area contributed by atoms with Crippen LogP contribution in [0.5, 0.6) is 5.75 Å². The Morgan fingerprint density at radius 3 is 2.68 bits per heavy atom. The molecule has 2 rings (SSSR count). The number of hydrogen-bond donors (Lipinski definition) is 1. The molecule has 0 spiro atoms. The number of nitrogens with zero attached hydrogens (tertiary/aromatic N) is 1. The van der Waals surface area contributed by atoms with Crippen molar-refractivity contribution in [3.63, 3.8) is 0 Å². The first-order chi connectivity index (χ1) is 9.10. The van der Waals surface area contributed by atoms with Crippen molar-refractivity contribution < 1.29 is 9.66 Å². The standard InChI is InChI=1S/C14H20N2O3/c1-3-14(7-4-8-14)15-10-11-5-6-13(19-2)12(9-11)16(17)18/h5-6,9,15H,3-4,7-8,10H2,1-2H3. The first-order valence-electron chi connectivity index (χ1n) is 6.66. The Morgan fingerprint density at radius 2 is 2.21 bits per heavy atom. The van der Waals surface area contributed by atoms with Crippen molar-refractivity contribution >= 4 is 5.69 Å². The topological polar surface area (TPSA) is 64.4 Å². The van der Waals surface area contributed by atoms with Crippen LogP contribution in [0.1, 0.15) is 38.2 Å². The molecule has 19 heavy (non-hydrogen) atoms. The molecular formula is C14H20N2O3. The number of nitro benzene ring substituents is 1. The van der Waals surface area contributed by atoms with E-state index in [4.69, 9.17) is 4.74 Å². The number of ether oxygens (including phenoxy) is 1. The van der Waals surface area contributed by atoms with Gasteiger partial charge < -0.3 is 10.1 Å². The Balaban J connectivity index is 2.08. The average molecular weight is 264 g/mol. The zero-order valence-corrected chi connectivity index (χ0v) is 11.4. The van der Waals surface area contributed by atoms with E-state index in [-0.39, 0.29) is 11.2 Å². The minimum absolute atomic E-state index is 0.0287. The van der Waals surface area contributed by atoms with Crippen molar-refractivity contribution in [2.45, 2.75) is 44.7 Å². The van der Waals surface area contributed by atoms with E-state index in [2.05, 4.69) is 12.2 Å². The zero-order chi connectivity index (χ0) is 13.9. The van der Waals surface area contributed by atoms with Crippen molar-refractivity contribution in [2.24, 2.45) is 0 Å². The maximum atomic E-state index is 11.0. The lowest BCUT2D eigenvalue weighted by Gasteiger charge is -2.42. The van der Waals surface area contributed by atoms with E-state index in [0.717, 1.165) is 12.0 Å². The number of methoxy groups -OCH3 is 1. The largest absolute Gasteiger partial charge is 0.490 e. The number of benzene rings is 1. The molecule has 5 nitrogen and oxygen atoms in total. The molecule has 0 radical (unpaired) electrons. The SMILES string of the molecule is CCC1(NCc2ccc(OC)c([N+](=O)[O-])c2)CCC1. The Morgan fingerprint density at radius 1 is 1.47 bits per heavy atom. The highest BCUT2D eigenvalue weighted by molar-refractivity contribution is 5.48. The van der Waals surface area contributed by atoms with E-state index in [9.17, 15) is 10.1 Å². The minimum Gasteiger partial charge on any atom is -0.490 e. The fourth-order valence-corrected chi connectivity index (χ4v) is 2.54. The molecular weight excluding hydrogens is 244 g/mol. The highest BCUT2D eigenvalue weighted by atomic mass is 16.6. The summed E-state index contributed by atoms with van der Waals surface area (Å²) in [6.07, 6.45) is 4.76. The van der Waals surface area contributed by atoms with Crippen LogP contribution in [0.2, 0.25) is 0 Å². The highest BCUT2D eigenvalue weighted by Crippen LogP contribution is 2.35. The first-order valence-corrected chi connectivity index (χ1v) is 6.66. The Bertz CT molecular complexity index is 464. The Hall–Kier alpha value is -1.62. The molecule has 0 bridgehead atoms. The van der Waals surface area contributed by atoms with Crippen LogP contribution in [0, 0.1) is 10.1 Å². The van der Waals surface area contributed by atoms with E-state index in [1.807, 2.05) is 6.07 Å². The third kappa shape index (κ3) is 2.87. The number of nitrogens with one attached hydrogen (secondary N) is 1. The fourth-order valence-electron chi connectivity index (χ4n) is 2.54. The average Bonchev–Trinajstić information content (AvgIpc) is 2.37. The third-order valence-electron chi connectivity index (χ3n) is 4.09. The van der Waals surface area contributed by atoms with Gasteiger partial charge in [-0.3, -0.25) is 10.1 Å². The van der Waals surface area contributed by atoms with Crippen molar-refractivity contribution in [2.75, 3.05) is 7.11 Å². The first kappa shape index (κ1) is 13.8. The summed E-state index contributed by atoms with van der Waals surface area (Å²) in [4.78, 5) is 10.6. The van der Waals surface area contributed by atoms with Gasteiger partial charge in [0.15, 0.2) is 5.75 Å². The zero-order valence-electron chi connectivity index (χ0n) is 11.4. The molecule has 104 valence electrons. The monoisotopic (exact) mass is 264 g/mol. The van der Waals surface area contributed by atoms with Gasteiger partial charge in [0.25, 0.3) is 0 Å². The molecule has 1 aliphatic carbocycles. The molecule has 1 saturated carbocycles. The normalized spacial score (nSPS) is 16.7. The quantitative estimate of drug-likeness (QED) is 0.633. The maximum absolute atomic E-state index is 11.0. The summed E-state index contributed by atoms with van der Waals surface area (Å²) in [7, 11) is 1.45. The molecule has 0 heterocycles. The van der Waals surface area contributed by atoms with Crippen LogP contribution in [0.4, 0.5) is 5.69 Å². The van der Waals surface area contributed by atoms with E-state index in [1.165, 1.54) is 26.4 Å². The third-order valence-corrected chi connectivity index (χ3v) is 4.09. The van der Waals surface area contributed by atoms with Crippen molar-refractivity contribution in [3.8, 4) is 5.75 Å². The molecule has 1 N–H and O–H groups in total. The molecule has 5 heteroatoms. The minimum atomic E-state index is -0.402. The molecule has 0 saturated heterocycles. The van der Waals surface area contributed by atoms with Crippen molar-refractivity contribution in [3.05, 3.63) is 33.9 Å². The number of hydrogen-bond acceptors (Lipinski definition) is 4. The van der Waals surface area contributed by atoms with Crippen LogP contribution in [-0.4, -0.2) is 17.6 Å². The lowest BCUT2D eigenvalue weighted by Crippen LogP contribution is -2.49. The van der Waals surface area contributed by atoms with E-state index < -0.39 is 4.92 Å². The van der Waals surface area contributed by atoms with Crippen molar-refractivity contribution in [1.82, 2.24) is 5.32 Å². The second-order valence-corrected chi connectivity index (χ2v) is 5.10. The van der Waals surface area contributed by atoms with E-state index in [1.54, 1.807) is 12.1 Å². The van der Waals surface area contributed by atoms with Gasteiger partial charge in [-0.25, -0.2) is 0 Å². The number of nitro groups is 1. The molecule has 1 aromatic carbocycles. The van der Waals surface area contributed by atoms with Crippen LogP contribution >= 0.6 is 0 Å². The van der Waals surface area contributed by atoms with Crippen LogP contribution in [0.15, 0.2) is 18.2 Å². The summed E-state index contributed by atoms with van der Waals surface area (Å²) in [5, 5.41) is 14.5. The molecule has 0 atom stereocenters. The molecule has 0 unspecified atom stereocenters. The van der Waals surface area contributed by atoms with Crippen LogP contribution in [0.3, 0.4) is 0 Å². The summed E-state index contributed by atoms with van der Waals surface area (Å²) in [5.74, 6) is 0.308. The van der Waals surface area contributed by atoms with Gasteiger partial charge in [0.1, 0.15) is 0 Å². The van der Waals surface area contributed by atoms with Crippen LogP contribution < -0.4 is 10.1 Å². The molecule has 0 aliphatic heterocycles. The fraction of sp³-hybridized carbons (Fsp3) is 0.571.